The maximum atomic E-state index is 5.78. The summed E-state index contributed by atoms with van der Waals surface area (Å²) in [5.74, 6) is 2.33. The summed E-state index contributed by atoms with van der Waals surface area (Å²) >= 11 is 3.44. The van der Waals surface area contributed by atoms with Crippen LogP contribution >= 0.6 is 15.9 Å². The molecule has 3 N–H and O–H groups in total. The Labute approximate surface area is 131 Å². The van der Waals surface area contributed by atoms with Crippen molar-refractivity contribution in [2.24, 2.45) is 0 Å². The number of nitrogens with zero attached hydrogens (tertiary/aromatic N) is 2. The molecular formula is C14H17BrN4O2. The Kier molecular flexibility index (Phi) is 5.35. The van der Waals surface area contributed by atoms with Gasteiger partial charge >= 0.3 is 0 Å². The molecule has 0 bridgehead atoms. The predicted molar refractivity (Wildman–Crippen MR) is 85.8 cm³/mol. The van der Waals surface area contributed by atoms with Gasteiger partial charge in [-0.05, 0) is 41.1 Å². The van der Waals surface area contributed by atoms with Gasteiger partial charge in [0.1, 0.15) is 24.0 Å². The van der Waals surface area contributed by atoms with Crippen LogP contribution in [0.25, 0.3) is 0 Å². The first-order valence-corrected chi connectivity index (χ1v) is 7.23. The van der Waals surface area contributed by atoms with Crippen molar-refractivity contribution in [3.63, 3.8) is 0 Å². The smallest absolute Gasteiger partial charge is 0.158 e. The topological polar surface area (TPSA) is 82.3 Å². The second kappa shape index (κ2) is 7.24. The van der Waals surface area contributed by atoms with E-state index in [1.165, 1.54) is 0 Å². The van der Waals surface area contributed by atoms with Crippen LogP contribution in [0, 0.1) is 0 Å². The van der Waals surface area contributed by atoms with Gasteiger partial charge in [0.05, 0.1) is 11.6 Å². The van der Waals surface area contributed by atoms with Crippen molar-refractivity contribution in [3.8, 4) is 5.75 Å². The lowest BCUT2D eigenvalue weighted by Gasteiger charge is -2.10. The molecule has 0 saturated heterocycles. The molecule has 0 atom stereocenters. The number of hydrogen-bond acceptors (Lipinski definition) is 6. The van der Waals surface area contributed by atoms with E-state index in [1.807, 2.05) is 25.1 Å². The Morgan fingerprint density at radius 1 is 1.29 bits per heavy atom. The largest absolute Gasteiger partial charge is 0.496 e. The maximum absolute atomic E-state index is 5.78. The fraction of sp³-hybridized carbons (Fsp3) is 0.286. The van der Waals surface area contributed by atoms with Gasteiger partial charge < -0.3 is 20.5 Å². The summed E-state index contributed by atoms with van der Waals surface area (Å²) in [6.07, 6.45) is 0. The SMILES string of the molecule is CCOCc1nc(N)cc(Nc2ccc(OC)c(Br)c2)n1. The number of nitrogens with two attached hydrogens (primary N) is 1. The fourth-order valence-corrected chi connectivity index (χ4v) is 2.27. The number of hydrogen-bond donors (Lipinski definition) is 2. The maximum Gasteiger partial charge on any atom is 0.158 e. The van der Waals surface area contributed by atoms with Gasteiger partial charge in [0.2, 0.25) is 0 Å². The lowest BCUT2D eigenvalue weighted by molar-refractivity contribution is 0.128. The number of benzene rings is 1. The molecular weight excluding hydrogens is 336 g/mol. The Morgan fingerprint density at radius 2 is 2.10 bits per heavy atom. The van der Waals surface area contributed by atoms with E-state index in [0.717, 1.165) is 15.9 Å². The summed E-state index contributed by atoms with van der Waals surface area (Å²) in [7, 11) is 1.62. The van der Waals surface area contributed by atoms with Crippen molar-refractivity contribution in [2.75, 3.05) is 24.8 Å². The molecule has 1 heterocycles. The summed E-state index contributed by atoms with van der Waals surface area (Å²) < 4.78 is 11.3. The zero-order valence-corrected chi connectivity index (χ0v) is 13.5. The molecule has 0 aliphatic rings. The van der Waals surface area contributed by atoms with E-state index in [9.17, 15) is 0 Å². The first-order chi connectivity index (χ1) is 10.1. The van der Waals surface area contributed by atoms with Crippen molar-refractivity contribution < 1.29 is 9.47 Å². The second-order valence-electron chi connectivity index (χ2n) is 4.21. The molecule has 1 aromatic carbocycles. The number of nitrogen functional groups attached to an aromatic ring is 1. The van der Waals surface area contributed by atoms with E-state index >= 15 is 0 Å². The van der Waals surface area contributed by atoms with Crippen LogP contribution in [0.1, 0.15) is 12.7 Å². The normalized spacial score (nSPS) is 10.4. The number of methoxy groups -OCH3 is 1. The Morgan fingerprint density at radius 3 is 2.76 bits per heavy atom. The predicted octanol–water partition coefficient (Wildman–Crippen LogP) is 3.11. The number of nitrogens with one attached hydrogen (secondary N) is 1. The van der Waals surface area contributed by atoms with E-state index in [1.54, 1.807) is 13.2 Å². The van der Waals surface area contributed by atoms with Crippen LogP contribution in [0.3, 0.4) is 0 Å². The molecule has 7 heteroatoms. The molecule has 0 unspecified atom stereocenters. The van der Waals surface area contributed by atoms with Crippen LogP contribution < -0.4 is 15.8 Å². The van der Waals surface area contributed by atoms with E-state index in [4.69, 9.17) is 15.2 Å². The third-order valence-corrected chi connectivity index (χ3v) is 3.27. The zero-order valence-electron chi connectivity index (χ0n) is 11.9. The van der Waals surface area contributed by atoms with Crippen molar-refractivity contribution in [3.05, 3.63) is 34.6 Å². The molecule has 21 heavy (non-hydrogen) atoms. The second-order valence-corrected chi connectivity index (χ2v) is 5.06. The minimum absolute atomic E-state index is 0.336. The summed E-state index contributed by atoms with van der Waals surface area (Å²) in [5, 5.41) is 3.18. The molecule has 0 aliphatic heterocycles. The number of halogens is 1. The minimum atomic E-state index is 0.336. The van der Waals surface area contributed by atoms with Gasteiger partial charge in [0, 0.05) is 18.4 Å². The van der Waals surface area contributed by atoms with Crippen molar-refractivity contribution in [2.45, 2.75) is 13.5 Å². The van der Waals surface area contributed by atoms with Gasteiger partial charge in [0.25, 0.3) is 0 Å². The van der Waals surface area contributed by atoms with Crippen LogP contribution in [0.2, 0.25) is 0 Å². The zero-order chi connectivity index (χ0) is 15.2. The molecule has 0 radical (unpaired) electrons. The highest BCUT2D eigenvalue weighted by atomic mass is 79.9. The minimum Gasteiger partial charge on any atom is -0.496 e. The van der Waals surface area contributed by atoms with Crippen LogP contribution in [-0.2, 0) is 11.3 Å². The Balaban J connectivity index is 2.18. The van der Waals surface area contributed by atoms with E-state index < -0.39 is 0 Å². The molecule has 0 fully saturated rings. The molecule has 2 rings (SSSR count). The lowest BCUT2D eigenvalue weighted by Crippen LogP contribution is -2.05. The molecule has 0 saturated carbocycles. The third-order valence-electron chi connectivity index (χ3n) is 2.65. The fourth-order valence-electron chi connectivity index (χ4n) is 1.73. The molecule has 2 aromatic rings. The van der Waals surface area contributed by atoms with Gasteiger partial charge in [-0.15, -0.1) is 0 Å². The number of anilines is 3. The summed E-state index contributed by atoms with van der Waals surface area (Å²) in [6.45, 7) is 2.86. The lowest BCUT2D eigenvalue weighted by atomic mass is 10.3. The number of aromatic nitrogens is 2. The summed E-state index contributed by atoms with van der Waals surface area (Å²) in [5.41, 5.74) is 6.65. The van der Waals surface area contributed by atoms with Crippen molar-refractivity contribution in [1.82, 2.24) is 9.97 Å². The van der Waals surface area contributed by atoms with Gasteiger partial charge in [-0.25, -0.2) is 9.97 Å². The van der Waals surface area contributed by atoms with E-state index in [-0.39, 0.29) is 0 Å². The Bertz CT molecular complexity index is 622. The van der Waals surface area contributed by atoms with Gasteiger partial charge in [-0.3, -0.25) is 0 Å². The van der Waals surface area contributed by atoms with Gasteiger partial charge in [0.15, 0.2) is 5.82 Å². The molecule has 0 spiro atoms. The number of ether oxygens (including phenoxy) is 2. The highest BCUT2D eigenvalue weighted by Gasteiger charge is 2.05. The third kappa shape index (κ3) is 4.30. The highest BCUT2D eigenvalue weighted by molar-refractivity contribution is 9.10. The van der Waals surface area contributed by atoms with Crippen LogP contribution in [0.5, 0.6) is 5.75 Å². The first-order valence-electron chi connectivity index (χ1n) is 6.44. The molecule has 112 valence electrons. The summed E-state index contributed by atoms with van der Waals surface area (Å²) in [4.78, 5) is 8.50. The van der Waals surface area contributed by atoms with Crippen LogP contribution in [0.15, 0.2) is 28.7 Å². The number of rotatable bonds is 6. The first kappa shape index (κ1) is 15.5. The highest BCUT2D eigenvalue weighted by Crippen LogP contribution is 2.29. The van der Waals surface area contributed by atoms with E-state index in [2.05, 4.69) is 31.2 Å². The molecule has 6 nitrogen and oxygen atoms in total. The van der Waals surface area contributed by atoms with Gasteiger partial charge in [-0.1, -0.05) is 0 Å². The summed E-state index contributed by atoms with van der Waals surface area (Å²) in [6, 6.07) is 7.33. The van der Waals surface area contributed by atoms with E-state index in [0.29, 0.717) is 30.7 Å². The van der Waals surface area contributed by atoms with Crippen LogP contribution in [-0.4, -0.2) is 23.7 Å². The molecule has 1 aromatic heterocycles. The standard InChI is InChI=1S/C14H17BrN4O2/c1-3-21-8-14-18-12(16)7-13(19-14)17-9-4-5-11(20-2)10(15)6-9/h4-7H,3,8H2,1-2H3,(H3,16,17,18,19). The van der Waals surface area contributed by atoms with Crippen LogP contribution in [0.4, 0.5) is 17.3 Å². The average molecular weight is 353 g/mol. The quantitative estimate of drug-likeness (QED) is 0.830. The monoisotopic (exact) mass is 352 g/mol. The van der Waals surface area contributed by atoms with Crippen molar-refractivity contribution >= 4 is 33.3 Å². The average Bonchev–Trinajstić information content (AvgIpc) is 2.45. The van der Waals surface area contributed by atoms with Gasteiger partial charge in [-0.2, -0.15) is 0 Å². The molecule has 0 aliphatic carbocycles. The molecule has 0 amide bonds. The van der Waals surface area contributed by atoms with Crippen molar-refractivity contribution in [1.29, 1.82) is 0 Å². The Hall–Kier alpha value is -1.86.